The third-order valence-corrected chi connectivity index (χ3v) is 3.35. The average molecular weight is 287 g/mol. The molecular formula is C15H21N5O. The Bertz CT molecular complexity index is 561. The molecule has 0 aromatic carbocycles. The first kappa shape index (κ1) is 15.3. The Labute approximate surface area is 125 Å². The Morgan fingerprint density at radius 2 is 2.24 bits per heavy atom. The summed E-state index contributed by atoms with van der Waals surface area (Å²) < 4.78 is 0. The number of carbonyl (C=O) groups is 1. The maximum Gasteiger partial charge on any atom is 0.267 e. The van der Waals surface area contributed by atoms with E-state index in [9.17, 15) is 4.79 Å². The van der Waals surface area contributed by atoms with E-state index in [1.54, 1.807) is 0 Å². The molecule has 2 N–H and O–H groups in total. The molecular weight excluding hydrogens is 266 g/mol. The molecule has 0 spiro atoms. The fourth-order valence-electron chi connectivity index (χ4n) is 2.17. The molecule has 2 rings (SSSR count). The molecule has 1 aromatic heterocycles. The van der Waals surface area contributed by atoms with Gasteiger partial charge in [-0.15, -0.1) is 12.3 Å². The molecule has 1 aliphatic rings. The number of aromatic amines is 1. The number of hydrogen-bond donors (Lipinski definition) is 2. The maximum absolute atomic E-state index is 12.0. The van der Waals surface area contributed by atoms with Crippen LogP contribution in [-0.4, -0.2) is 42.1 Å². The fourth-order valence-corrected chi connectivity index (χ4v) is 2.17. The van der Waals surface area contributed by atoms with Gasteiger partial charge in [0.2, 0.25) is 0 Å². The highest BCUT2D eigenvalue weighted by Crippen LogP contribution is 2.35. The summed E-state index contributed by atoms with van der Waals surface area (Å²) in [7, 11) is 3.98. The van der Waals surface area contributed by atoms with Crippen molar-refractivity contribution in [1.29, 1.82) is 0 Å². The zero-order valence-corrected chi connectivity index (χ0v) is 12.5. The van der Waals surface area contributed by atoms with Crippen molar-refractivity contribution in [2.24, 2.45) is 10.2 Å². The Kier molecular flexibility index (Phi) is 4.76. The Balaban J connectivity index is 1.75. The second-order valence-corrected chi connectivity index (χ2v) is 5.55. The summed E-state index contributed by atoms with van der Waals surface area (Å²) in [6.07, 6.45) is 9.22. The topological polar surface area (TPSA) is 72.8 Å². The molecule has 0 saturated carbocycles. The molecule has 0 bridgehead atoms. The van der Waals surface area contributed by atoms with Crippen molar-refractivity contribution in [1.82, 2.24) is 15.2 Å². The first-order valence-corrected chi connectivity index (χ1v) is 7.02. The molecule has 0 atom stereocenters. The first-order valence-electron chi connectivity index (χ1n) is 7.02. The minimum absolute atomic E-state index is 0.104. The van der Waals surface area contributed by atoms with E-state index in [1.165, 1.54) is 0 Å². The monoisotopic (exact) mass is 287 g/mol. The molecule has 6 nitrogen and oxygen atoms in total. The van der Waals surface area contributed by atoms with Crippen LogP contribution in [0.2, 0.25) is 0 Å². The van der Waals surface area contributed by atoms with Crippen molar-refractivity contribution < 1.29 is 4.79 Å². The second kappa shape index (κ2) is 6.55. The minimum Gasteiger partial charge on any atom is -0.357 e. The van der Waals surface area contributed by atoms with Gasteiger partial charge in [-0.05, 0) is 25.7 Å². The van der Waals surface area contributed by atoms with Gasteiger partial charge in [-0.1, -0.05) is 0 Å². The highest BCUT2D eigenvalue weighted by Gasteiger charge is 2.38. The Hall–Kier alpha value is -2.13. The van der Waals surface area contributed by atoms with E-state index >= 15 is 0 Å². The van der Waals surface area contributed by atoms with Crippen LogP contribution < -0.4 is 5.32 Å². The van der Waals surface area contributed by atoms with Gasteiger partial charge in [-0.3, -0.25) is 4.79 Å². The quantitative estimate of drug-likeness (QED) is 0.715. The van der Waals surface area contributed by atoms with Crippen molar-refractivity contribution in [2.75, 3.05) is 20.6 Å². The summed E-state index contributed by atoms with van der Waals surface area (Å²) in [4.78, 5) is 17.1. The molecule has 112 valence electrons. The van der Waals surface area contributed by atoms with Crippen LogP contribution in [0.1, 0.15) is 35.3 Å². The standard InChI is InChI=1S/C15H21N5O/c1-4-5-6-15(18-19-15)7-8-16-14(21)13-9-12(10-17-13)11-20(2)3/h1,9-10,17H,5-8,11H2,2-3H3,(H,16,21). The number of terminal acetylenes is 1. The molecule has 1 aliphatic heterocycles. The van der Waals surface area contributed by atoms with Gasteiger partial charge in [0.1, 0.15) is 5.69 Å². The summed E-state index contributed by atoms with van der Waals surface area (Å²) in [5.41, 5.74) is 1.32. The number of rotatable bonds is 8. The molecule has 0 aliphatic carbocycles. The lowest BCUT2D eigenvalue weighted by atomic mass is 10.0. The maximum atomic E-state index is 12.0. The predicted octanol–water partition coefficient (Wildman–Crippen LogP) is 1.77. The SMILES string of the molecule is C#CCCC1(CCNC(=O)c2cc(CN(C)C)c[nH]2)N=N1. The highest BCUT2D eigenvalue weighted by atomic mass is 16.1. The third kappa shape index (κ3) is 4.43. The smallest absolute Gasteiger partial charge is 0.267 e. The zero-order valence-electron chi connectivity index (χ0n) is 12.5. The Morgan fingerprint density at radius 1 is 1.48 bits per heavy atom. The number of hydrogen-bond acceptors (Lipinski definition) is 4. The molecule has 21 heavy (non-hydrogen) atoms. The number of H-pyrrole nitrogens is 1. The first-order chi connectivity index (χ1) is 10.0. The average Bonchev–Trinajstić information content (AvgIpc) is 3.05. The van der Waals surface area contributed by atoms with E-state index in [0.717, 1.165) is 18.5 Å². The van der Waals surface area contributed by atoms with Gasteiger partial charge in [-0.2, -0.15) is 10.2 Å². The molecule has 1 aromatic rings. The van der Waals surface area contributed by atoms with Gasteiger partial charge in [0.25, 0.3) is 5.91 Å². The predicted molar refractivity (Wildman–Crippen MR) is 80.8 cm³/mol. The number of aromatic nitrogens is 1. The lowest BCUT2D eigenvalue weighted by molar-refractivity contribution is 0.0947. The van der Waals surface area contributed by atoms with Crippen molar-refractivity contribution >= 4 is 5.91 Å². The number of nitrogens with one attached hydrogen (secondary N) is 2. The van der Waals surface area contributed by atoms with Gasteiger partial charge >= 0.3 is 0 Å². The van der Waals surface area contributed by atoms with Crippen LogP contribution in [0.5, 0.6) is 0 Å². The highest BCUT2D eigenvalue weighted by molar-refractivity contribution is 5.92. The molecule has 6 heteroatoms. The summed E-state index contributed by atoms with van der Waals surface area (Å²) in [6, 6.07) is 1.87. The van der Waals surface area contributed by atoms with Crippen LogP contribution in [0.25, 0.3) is 0 Å². The van der Waals surface area contributed by atoms with E-state index in [2.05, 4.69) is 31.3 Å². The second-order valence-electron chi connectivity index (χ2n) is 5.55. The Morgan fingerprint density at radius 3 is 2.86 bits per heavy atom. The van der Waals surface area contributed by atoms with Gasteiger partial charge in [0.15, 0.2) is 5.66 Å². The van der Waals surface area contributed by atoms with Crippen LogP contribution in [0.15, 0.2) is 22.5 Å². The van der Waals surface area contributed by atoms with E-state index in [0.29, 0.717) is 25.1 Å². The van der Waals surface area contributed by atoms with Crippen LogP contribution in [0.3, 0.4) is 0 Å². The summed E-state index contributed by atoms with van der Waals surface area (Å²) in [5.74, 6) is 2.49. The van der Waals surface area contributed by atoms with Crippen molar-refractivity contribution in [2.45, 2.75) is 31.5 Å². The lowest BCUT2D eigenvalue weighted by Crippen LogP contribution is -2.28. The third-order valence-electron chi connectivity index (χ3n) is 3.35. The van der Waals surface area contributed by atoms with Crippen molar-refractivity contribution in [3.63, 3.8) is 0 Å². The molecule has 0 radical (unpaired) electrons. The largest absolute Gasteiger partial charge is 0.357 e. The minimum atomic E-state index is -0.342. The summed E-state index contributed by atoms with van der Waals surface area (Å²) >= 11 is 0. The molecule has 0 saturated heterocycles. The molecule has 0 unspecified atom stereocenters. The fraction of sp³-hybridized carbons (Fsp3) is 0.533. The normalized spacial score (nSPS) is 15.0. The molecule has 1 amide bonds. The lowest BCUT2D eigenvalue weighted by Gasteiger charge is -2.09. The van der Waals surface area contributed by atoms with Gasteiger partial charge < -0.3 is 15.2 Å². The van der Waals surface area contributed by atoms with Crippen LogP contribution >= 0.6 is 0 Å². The van der Waals surface area contributed by atoms with Crippen LogP contribution in [-0.2, 0) is 6.54 Å². The van der Waals surface area contributed by atoms with E-state index in [4.69, 9.17) is 6.42 Å². The van der Waals surface area contributed by atoms with Crippen LogP contribution in [0.4, 0.5) is 0 Å². The number of carbonyl (C=O) groups excluding carboxylic acids is 1. The number of nitrogens with zero attached hydrogens (tertiary/aromatic N) is 3. The van der Waals surface area contributed by atoms with Gasteiger partial charge in [0, 0.05) is 38.5 Å². The molecule has 0 fully saturated rings. The van der Waals surface area contributed by atoms with Crippen molar-refractivity contribution in [3.05, 3.63) is 23.5 Å². The van der Waals surface area contributed by atoms with Crippen LogP contribution in [0, 0.1) is 12.3 Å². The van der Waals surface area contributed by atoms with Gasteiger partial charge in [0.05, 0.1) is 0 Å². The summed E-state index contributed by atoms with van der Waals surface area (Å²) in [5, 5.41) is 11.0. The molecule has 2 heterocycles. The van der Waals surface area contributed by atoms with Crippen molar-refractivity contribution in [3.8, 4) is 12.3 Å². The zero-order chi connectivity index (χ0) is 15.3. The van der Waals surface area contributed by atoms with E-state index in [1.807, 2.05) is 26.4 Å². The number of amides is 1. The van der Waals surface area contributed by atoms with E-state index < -0.39 is 0 Å². The van der Waals surface area contributed by atoms with E-state index in [-0.39, 0.29) is 11.6 Å². The van der Waals surface area contributed by atoms with Gasteiger partial charge in [-0.25, -0.2) is 0 Å². The summed E-state index contributed by atoms with van der Waals surface area (Å²) in [6.45, 7) is 1.34.